The van der Waals surface area contributed by atoms with Crippen molar-refractivity contribution in [3.63, 3.8) is 0 Å². The summed E-state index contributed by atoms with van der Waals surface area (Å²) in [5, 5.41) is 2.64. The number of fused-ring (bicyclic) bond motifs is 4. The molecule has 5 aromatic rings. The van der Waals surface area contributed by atoms with E-state index < -0.39 is 0 Å². The highest BCUT2D eigenvalue weighted by molar-refractivity contribution is 6.09. The van der Waals surface area contributed by atoms with E-state index in [9.17, 15) is 0 Å². The van der Waals surface area contributed by atoms with E-state index in [4.69, 9.17) is 0 Å². The molecule has 184 valence electrons. The van der Waals surface area contributed by atoms with Crippen molar-refractivity contribution in [3.8, 4) is 22.3 Å². The Morgan fingerprint density at radius 1 is 0.605 bits per heavy atom. The van der Waals surface area contributed by atoms with E-state index in [0.717, 1.165) is 0 Å². The number of nitrogens with zero attached hydrogens (tertiary/aromatic N) is 1. The second kappa shape index (κ2) is 8.89. The average molecular weight is 490 g/mol. The van der Waals surface area contributed by atoms with Gasteiger partial charge in [-0.15, -0.1) is 0 Å². The zero-order chi connectivity index (χ0) is 25.8. The molecular formula is C37H31N. The van der Waals surface area contributed by atoms with Crippen LogP contribution in [0, 0.1) is 26.7 Å². The van der Waals surface area contributed by atoms with Gasteiger partial charge in [0, 0.05) is 22.2 Å². The number of aryl methyl sites for hydroxylation is 3. The molecule has 0 spiro atoms. The highest BCUT2D eigenvalue weighted by Gasteiger charge is 2.27. The maximum atomic E-state index is 2.58. The third-order valence-corrected chi connectivity index (χ3v) is 8.33. The van der Waals surface area contributed by atoms with Crippen molar-refractivity contribution >= 4 is 21.8 Å². The summed E-state index contributed by atoms with van der Waals surface area (Å²) in [5.74, 6) is 0.333. The number of rotatable bonds is 3. The van der Waals surface area contributed by atoms with Crippen molar-refractivity contribution in [1.82, 2.24) is 4.57 Å². The highest BCUT2D eigenvalue weighted by atomic mass is 15.0. The van der Waals surface area contributed by atoms with Crippen molar-refractivity contribution < 1.29 is 0 Å². The smallest absolute Gasteiger partial charge is 0.0629 e. The van der Waals surface area contributed by atoms with Crippen LogP contribution in [0.25, 0.3) is 44.1 Å². The summed E-state index contributed by atoms with van der Waals surface area (Å²) in [7, 11) is 0. The Morgan fingerprint density at radius 2 is 1.34 bits per heavy atom. The first-order chi connectivity index (χ1) is 18.6. The molecule has 2 aliphatic rings. The van der Waals surface area contributed by atoms with Gasteiger partial charge in [0.1, 0.15) is 0 Å². The fourth-order valence-corrected chi connectivity index (χ4v) is 6.32. The molecule has 4 aromatic carbocycles. The molecule has 0 aliphatic heterocycles. The monoisotopic (exact) mass is 489 g/mol. The lowest BCUT2D eigenvalue weighted by molar-refractivity contribution is 0.534. The molecule has 0 bridgehead atoms. The molecule has 38 heavy (non-hydrogen) atoms. The molecule has 7 rings (SSSR count). The molecule has 0 fully saturated rings. The van der Waals surface area contributed by atoms with Crippen LogP contribution >= 0.6 is 0 Å². The molecule has 0 saturated carbocycles. The Morgan fingerprint density at radius 3 is 2.21 bits per heavy atom. The number of benzene rings is 4. The number of aromatic nitrogens is 1. The van der Waals surface area contributed by atoms with Gasteiger partial charge in [-0.05, 0) is 83.5 Å². The fourth-order valence-electron chi connectivity index (χ4n) is 6.32. The number of allylic oxidation sites excluding steroid dienone is 8. The van der Waals surface area contributed by atoms with Crippen LogP contribution in [0.2, 0.25) is 0 Å². The van der Waals surface area contributed by atoms with Gasteiger partial charge in [0.05, 0.1) is 11.6 Å². The third-order valence-electron chi connectivity index (χ3n) is 8.33. The van der Waals surface area contributed by atoms with Crippen LogP contribution in [0.1, 0.15) is 22.7 Å². The zero-order valence-corrected chi connectivity index (χ0v) is 22.1. The van der Waals surface area contributed by atoms with Crippen LogP contribution in [-0.2, 0) is 0 Å². The zero-order valence-electron chi connectivity index (χ0n) is 22.1. The predicted octanol–water partition coefficient (Wildman–Crippen LogP) is 9.83. The van der Waals surface area contributed by atoms with Crippen LogP contribution in [-0.4, -0.2) is 4.57 Å². The molecule has 1 heteroatoms. The van der Waals surface area contributed by atoms with Crippen LogP contribution in [0.3, 0.4) is 0 Å². The minimum absolute atomic E-state index is 0.230. The highest BCUT2D eigenvalue weighted by Crippen LogP contribution is 2.42. The lowest BCUT2D eigenvalue weighted by atomic mass is 9.84. The summed E-state index contributed by atoms with van der Waals surface area (Å²) >= 11 is 0. The Balaban J connectivity index is 1.45. The van der Waals surface area contributed by atoms with Crippen LogP contribution in [0.15, 0.2) is 127 Å². The lowest BCUT2D eigenvalue weighted by Crippen LogP contribution is -2.20. The van der Waals surface area contributed by atoms with Gasteiger partial charge in [0.15, 0.2) is 0 Å². The number of hydrogen-bond acceptors (Lipinski definition) is 0. The number of hydrogen-bond donors (Lipinski definition) is 0. The van der Waals surface area contributed by atoms with Crippen molar-refractivity contribution in [3.05, 3.63) is 144 Å². The minimum atomic E-state index is 0.230. The summed E-state index contributed by atoms with van der Waals surface area (Å²) in [6, 6.07) is 29.7. The summed E-state index contributed by atoms with van der Waals surface area (Å²) in [5.41, 5.74) is 13.0. The van der Waals surface area contributed by atoms with Crippen molar-refractivity contribution in [2.45, 2.75) is 26.8 Å². The summed E-state index contributed by atoms with van der Waals surface area (Å²) in [6.45, 7) is 6.60. The molecule has 0 saturated heterocycles. The predicted molar refractivity (Wildman–Crippen MR) is 163 cm³/mol. The molecule has 1 aromatic heterocycles. The Hall–Kier alpha value is -4.36. The van der Waals surface area contributed by atoms with Gasteiger partial charge in [0.2, 0.25) is 0 Å². The largest absolute Gasteiger partial charge is 0.332 e. The Labute approximate surface area is 224 Å². The van der Waals surface area contributed by atoms with Gasteiger partial charge in [-0.3, -0.25) is 0 Å². The van der Waals surface area contributed by atoms with Crippen molar-refractivity contribution in [2.24, 2.45) is 5.92 Å². The average Bonchev–Trinajstić information content (AvgIpc) is 3.26. The van der Waals surface area contributed by atoms with Gasteiger partial charge in [-0.2, -0.15) is 0 Å². The standard InChI is InChI=1S/C37H31N/c1-24-15-19-32-33-20-18-29(28-17-16-26(3)34(22-28)30-12-6-4-9-25(30)2)23-37(33)38(36(32)21-24)35-14-8-11-27-10-5-7-13-31(27)35/h4-23,31,35H,1-3H3. The van der Waals surface area contributed by atoms with Crippen LogP contribution in [0.5, 0.6) is 0 Å². The van der Waals surface area contributed by atoms with Gasteiger partial charge >= 0.3 is 0 Å². The lowest BCUT2D eigenvalue weighted by Gasteiger charge is -2.30. The molecular weight excluding hydrogens is 458 g/mol. The summed E-state index contributed by atoms with van der Waals surface area (Å²) in [4.78, 5) is 0. The Bertz CT molecular complexity index is 1850. The van der Waals surface area contributed by atoms with Gasteiger partial charge in [-0.1, -0.05) is 103 Å². The molecule has 2 unspecified atom stereocenters. The maximum absolute atomic E-state index is 2.58. The van der Waals surface area contributed by atoms with E-state index in [1.165, 1.54) is 66.3 Å². The SMILES string of the molecule is Cc1ccc2c3ccc(-c4ccc(C)c(-c5ccccc5C)c4)cc3n(C3C=CC=C4C=CC=CC43)c2c1. The molecule has 0 N–H and O–H groups in total. The normalized spacial score (nSPS) is 18.2. The van der Waals surface area contributed by atoms with E-state index in [0.29, 0.717) is 5.92 Å². The van der Waals surface area contributed by atoms with Gasteiger partial charge in [0.25, 0.3) is 0 Å². The maximum Gasteiger partial charge on any atom is 0.0629 e. The van der Waals surface area contributed by atoms with Gasteiger partial charge in [-0.25, -0.2) is 0 Å². The molecule has 1 heterocycles. The summed E-state index contributed by atoms with van der Waals surface area (Å²) in [6.07, 6.45) is 15.8. The Kier molecular flexibility index (Phi) is 5.33. The quantitative estimate of drug-likeness (QED) is 0.238. The topological polar surface area (TPSA) is 4.93 Å². The van der Waals surface area contributed by atoms with E-state index in [1.807, 2.05) is 0 Å². The first-order valence-corrected chi connectivity index (χ1v) is 13.5. The van der Waals surface area contributed by atoms with Crippen molar-refractivity contribution in [1.29, 1.82) is 0 Å². The first kappa shape index (κ1) is 22.8. The third kappa shape index (κ3) is 3.62. The first-order valence-electron chi connectivity index (χ1n) is 13.5. The van der Waals surface area contributed by atoms with E-state index in [1.54, 1.807) is 0 Å². The van der Waals surface area contributed by atoms with Crippen molar-refractivity contribution in [2.75, 3.05) is 0 Å². The molecule has 1 nitrogen and oxygen atoms in total. The van der Waals surface area contributed by atoms with E-state index in [-0.39, 0.29) is 6.04 Å². The molecule has 2 aliphatic carbocycles. The molecule has 0 radical (unpaired) electrons. The molecule has 2 atom stereocenters. The van der Waals surface area contributed by atoms with Gasteiger partial charge < -0.3 is 4.57 Å². The van der Waals surface area contributed by atoms with Crippen LogP contribution < -0.4 is 0 Å². The second-order valence-electron chi connectivity index (χ2n) is 10.8. The minimum Gasteiger partial charge on any atom is -0.332 e. The van der Waals surface area contributed by atoms with Crippen LogP contribution in [0.4, 0.5) is 0 Å². The summed E-state index contributed by atoms with van der Waals surface area (Å²) < 4.78 is 2.58. The molecule has 0 amide bonds. The van der Waals surface area contributed by atoms with E-state index >= 15 is 0 Å². The second-order valence-corrected chi connectivity index (χ2v) is 10.8. The van der Waals surface area contributed by atoms with E-state index in [2.05, 4.69) is 147 Å². The fraction of sp³-hybridized carbons (Fsp3) is 0.135.